The third-order valence-corrected chi connectivity index (χ3v) is 4.18. The van der Waals surface area contributed by atoms with Crippen molar-refractivity contribution in [1.29, 1.82) is 0 Å². The monoisotopic (exact) mass is 321 g/mol. The molecular weight excluding hydrogens is 306 g/mol. The van der Waals surface area contributed by atoms with E-state index in [2.05, 4.69) is 15.9 Å². The van der Waals surface area contributed by atoms with Crippen LogP contribution in [-0.4, -0.2) is 29.2 Å². The molecule has 1 unspecified atom stereocenters. The molecule has 0 aliphatic carbocycles. The molecule has 2 aromatic rings. The van der Waals surface area contributed by atoms with Crippen LogP contribution in [0.5, 0.6) is 0 Å². The van der Waals surface area contributed by atoms with Gasteiger partial charge in [-0.1, -0.05) is 34.1 Å². The van der Waals surface area contributed by atoms with E-state index < -0.39 is 0 Å². The zero-order valence-electron chi connectivity index (χ0n) is 10.6. The van der Waals surface area contributed by atoms with Crippen LogP contribution in [0.15, 0.2) is 34.7 Å². The Morgan fingerprint density at radius 1 is 1.42 bits per heavy atom. The molecule has 1 aliphatic rings. The van der Waals surface area contributed by atoms with Crippen LogP contribution in [0.25, 0.3) is 11.0 Å². The van der Waals surface area contributed by atoms with Gasteiger partial charge in [-0.05, 0) is 30.9 Å². The molecule has 0 radical (unpaired) electrons. The van der Waals surface area contributed by atoms with Gasteiger partial charge in [-0.15, -0.1) is 0 Å². The third kappa shape index (κ3) is 2.54. The number of hydrogen-bond donors (Lipinski definition) is 0. The third-order valence-electron chi connectivity index (χ3n) is 3.73. The fourth-order valence-electron chi connectivity index (χ4n) is 2.65. The number of amides is 1. The number of alkyl halides is 1. The minimum Gasteiger partial charge on any atom is -0.451 e. The molecule has 100 valence electrons. The number of likely N-dealkylation sites (tertiary alicyclic amines) is 1. The lowest BCUT2D eigenvalue weighted by atomic mass is 10.1. The molecule has 1 aromatic carbocycles. The summed E-state index contributed by atoms with van der Waals surface area (Å²) < 4.78 is 5.64. The maximum absolute atomic E-state index is 12.4. The largest absolute Gasteiger partial charge is 0.451 e. The van der Waals surface area contributed by atoms with E-state index in [-0.39, 0.29) is 5.91 Å². The summed E-state index contributed by atoms with van der Waals surface area (Å²) in [5.41, 5.74) is 0.780. The topological polar surface area (TPSA) is 33.5 Å². The zero-order valence-corrected chi connectivity index (χ0v) is 12.2. The molecule has 1 fully saturated rings. The summed E-state index contributed by atoms with van der Waals surface area (Å²) in [6.45, 7) is 1.69. The molecule has 19 heavy (non-hydrogen) atoms. The molecule has 0 N–H and O–H groups in total. The lowest BCUT2D eigenvalue weighted by Gasteiger charge is -2.14. The number of hydrogen-bond acceptors (Lipinski definition) is 2. The number of nitrogens with zero attached hydrogens (tertiary/aromatic N) is 1. The Labute approximate surface area is 120 Å². The van der Waals surface area contributed by atoms with Gasteiger partial charge in [0, 0.05) is 23.8 Å². The first-order chi connectivity index (χ1) is 9.28. The molecule has 0 bridgehead atoms. The highest BCUT2D eigenvalue weighted by Crippen LogP contribution is 2.25. The van der Waals surface area contributed by atoms with Gasteiger partial charge in [-0.2, -0.15) is 0 Å². The molecule has 3 rings (SSSR count). The number of para-hydroxylation sites is 1. The molecule has 3 nitrogen and oxygen atoms in total. The Bertz CT molecular complexity index is 560. The Hall–Kier alpha value is -1.29. The van der Waals surface area contributed by atoms with E-state index in [9.17, 15) is 4.79 Å². The van der Waals surface area contributed by atoms with Crippen molar-refractivity contribution in [2.45, 2.75) is 12.8 Å². The molecule has 4 heteroatoms. The summed E-state index contributed by atoms with van der Waals surface area (Å²) in [7, 11) is 0. The Balaban J connectivity index is 1.77. The molecule has 2 heterocycles. The van der Waals surface area contributed by atoms with Crippen LogP contribution in [-0.2, 0) is 0 Å². The normalized spacial score (nSPS) is 19.2. The van der Waals surface area contributed by atoms with Crippen LogP contribution in [0.3, 0.4) is 0 Å². The quantitative estimate of drug-likeness (QED) is 0.808. The Morgan fingerprint density at radius 2 is 2.26 bits per heavy atom. The summed E-state index contributed by atoms with van der Waals surface area (Å²) in [5.74, 6) is 1.10. The average Bonchev–Trinajstić information content (AvgIpc) is 3.04. The maximum Gasteiger partial charge on any atom is 0.289 e. The molecule has 0 saturated carbocycles. The average molecular weight is 322 g/mol. The standard InChI is InChI=1S/C15H16BrNO2/c16-7-5-11-6-8-17(10-11)15(18)14-9-12-3-1-2-4-13(12)19-14/h1-4,9,11H,5-8,10H2. The number of fused-ring (bicyclic) bond motifs is 1. The number of benzene rings is 1. The molecule has 1 aliphatic heterocycles. The number of rotatable bonds is 3. The molecule has 1 saturated heterocycles. The lowest BCUT2D eigenvalue weighted by Crippen LogP contribution is -2.28. The van der Waals surface area contributed by atoms with E-state index in [0.717, 1.165) is 42.2 Å². The number of furan rings is 1. The molecule has 0 spiro atoms. The second kappa shape index (κ2) is 5.37. The van der Waals surface area contributed by atoms with E-state index >= 15 is 0 Å². The van der Waals surface area contributed by atoms with Crippen LogP contribution in [0.1, 0.15) is 23.4 Å². The highest BCUT2D eigenvalue weighted by atomic mass is 79.9. The highest BCUT2D eigenvalue weighted by molar-refractivity contribution is 9.09. The summed E-state index contributed by atoms with van der Waals surface area (Å²) >= 11 is 3.46. The summed E-state index contributed by atoms with van der Waals surface area (Å²) in [6, 6.07) is 9.57. The fraction of sp³-hybridized carbons (Fsp3) is 0.400. The Morgan fingerprint density at radius 3 is 3.05 bits per heavy atom. The predicted octanol–water partition coefficient (Wildman–Crippen LogP) is 3.68. The van der Waals surface area contributed by atoms with Crippen LogP contribution < -0.4 is 0 Å². The van der Waals surface area contributed by atoms with Gasteiger partial charge in [-0.3, -0.25) is 4.79 Å². The minimum absolute atomic E-state index is 0.0215. The van der Waals surface area contributed by atoms with Gasteiger partial charge in [0.2, 0.25) is 0 Å². The van der Waals surface area contributed by atoms with Crippen LogP contribution in [0, 0.1) is 5.92 Å². The van der Waals surface area contributed by atoms with Crippen LogP contribution in [0.4, 0.5) is 0 Å². The number of halogens is 1. The number of carbonyl (C=O) groups is 1. The van der Waals surface area contributed by atoms with Gasteiger partial charge in [0.15, 0.2) is 5.76 Å². The van der Waals surface area contributed by atoms with Crippen molar-refractivity contribution >= 4 is 32.8 Å². The molecule has 1 amide bonds. The van der Waals surface area contributed by atoms with E-state index in [4.69, 9.17) is 4.42 Å². The predicted molar refractivity (Wildman–Crippen MR) is 78.6 cm³/mol. The SMILES string of the molecule is O=C(c1cc2ccccc2o1)N1CCC(CCBr)C1. The Kier molecular flexibility index (Phi) is 3.60. The highest BCUT2D eigenvalue weighted by Gasteiger charge is 2.28. The van der Waals surface area contributed by atoms with Gasteiger partial charge in [0.1, 0.15) is 5.58 Å². The van der Waals surface area contributed by atoms with Crippen molar-refractivity contribution in [3.63, 3.8) is 0 Å². The van der Waals surface area contributed by atoms with E-state index in [0.29, 0.717) is 11.7 Å². The molecular formula is C15H16BrNO2. The van der Waals surface area contributed by atoms with Gasteiger partial charge >= 0.3 is 0 Å². The smallest absolute Gasteiger partial charge is 0.289 e. The van der Waals surface area contributed by atoms with Gasteiger partial charge in [0.05, 0.1) is 0 Å². The number of carbonyl (C=O) groups excluding carboxylic acids is 1. The first-order valence-electron chi connectivity index (χ1n) is 6.62. The first-order valence-corrected chi connectivity index (χ1v) is 7.74. The molecule has 1 atom stereocenters. The second-order valence-corrected chi connectivity index (χ2v) is 5.83. The summed E-state index contributed by atoms with van der Waals surface area (Å²) in [4.78, 5) is 14.3. The maximum atomic E-state index is 12.4. The minimum atomic E-state index is 0.0215. The van der Waals surface area contributed by atoms with Crippen molar-refractivity contribution < 1.29 is 9.21 Å². The molecule has 1 aromatic heterocycles. The van der Waals surface area contributed by atoms with Crippen molar-refractivity contribution in [3.8, 4) is 0 Å². The lowest BCUT2D eigenvalue weighted by molar-refractivity contribution is 0.0758. The van der Waals surface area contributed by atoms with E-state index in [1.165, 1.54) is 0 Å². The first kappa shape index (κ1) is 12.7. The van der Waals surface area contributed by atoms with Gasteiger partial charge < -0.3 is 9.32 Å². The summed E-state index contributed by atoms with van der Waals surface area (Å²) in [6.07, 6.45) is 2.22. The van der Waals surface area contributed by atoms with Crippen molar-refractivity contribution in [2.75, 3.05) is 18.4 Å². The van der Waals surface area contributed by atoms with E-state index in [1.807, 2.05) is 35.2 Å². The van der Waals surface area contributed by atoms with Crippen molar-refractivity contribution in [3.05, 3.63) is 36.1 Å². The van der Waals surface area contributed by atoms with E-state index in [1.54, 1.807) is 0 Å². The summed E-state index contributed by atoms with van der Waals surface area (Å²) in [5, 5.41) is 1.99. The van der Waals surface area contributed by atoms with Crippen LogP contribution >= 0.6 is 15.9 Å². The van der Waals surface area contributed by atoms with Gasteiger partial charge in [-0.25, -0.2) is 0 Å². The fourth-order valence-corrected chi connectivity index (χ4v) is 3.30. The zero-order chi connectivity index (χ0) is 13.2. The van der Waals surface area contributed by atoms with Crippen molar-refractivity contribution in [1.82, 2.24) is 4.90 Å². The van der Waals surface area contributed by atoms with Crippen LogP contribution in [0.2, 0.25) is 0 Å². The van der Waals surface area contributed by atoms with Gasteiger partial charge in [0.25, 0.3) is 5.91 Å². The second-order valence-electron chi connectivity index (χ2n) is 5.03. The van der Waals surface area contributed by atoms with Crippen molar-refractivity contribution in [2.24, 2.45) is 5.92 Å².